The molecule has 0 heterocycles. The fourth-order valence-corrected chi connectivity index (χ4v) is 6.62. The van der Waals surface area contributed by atoms with Gasteiger partial charge in [0.2, 0.25) is 0 Å². The molecule has 3 aromatic carbocycles. The Morgan fingerprint density at radius 2 is 1.06 bits per heavy atom. The van der Waals surface area contributed by atoms with Gasteiger partial charge in [0.1, 0.15) is 0 Å². The van der Waals surface area contributed by atoms with Crippen molar-refractivity contribution in [2.75, 3.05) is 0 Å². The summed E-state index contributed by atoms with van der Waals surface area (Å²) in [5.41, 5.74) is 13.4. The molecule has 1 unspecified atom stereocenters. The molecule has 0 bridgehead atoms. The molecular formula is C34H40. The summed E-state index contributed by atoms with van der Waals surface area (Å²) in [7, 11) is 0. The van der Waals surface area contributed by atoms with Crippen molar-refractivity contribution in [2.45, 2.75) is 85.0 Å². The van der Waals surface area contributed by atoms with Gasteiger partial charge in [-0.05, 0) is 67.7 Å². The molecule has 0 N–H and O–H groups in total. The lowest BCUT2D eigenvalue weighted by molar-refractivity contribution is 0.278. The van der Waals surface area contributed by atoms with Crippen molar-refractivity contribution in [3.05, 3.63) is 99.6 Å². The summed E-state index contributed by atoms with van der Waals surface area (Å²) in [4.78, 5) is 0. The van der Waals surface area contributed by atoms with Gasteiger partial charge in [-0.2, -0.15) is 0 Å². The Labute approximate surface area is 207 Å². The van der Waals surface area contributed by atoms with Crippen LogP contribution in [0.25, 0.3) is 17.2 Å². The van der Waals surface area contributed by atoms with Crippen molar-refractivity contribution in [3.8, 4) is 11.1 Å². The molecule has 2 aliphatic rings. The van der Waals surface area contributed by atoms with E-state index in [-0.39, 0.29) is 16.2 Å². The van der Waals surface area contributed by atoms with Gasteiger partial charge >= 0.3 is 0 Å². The lowest BCUT2D eigenvalue weighted by Gasteiger charge is -2.40. The number of rotatable bonds is 2. The number of allylic oxidation sites excluding steroid dienone is 1. The molecule has 0 amide bonds. The lowest BCUT2D eigenvalue weighted by atomic mass is 9.62. The van der Waals surface area contributed by atoms with E-state index in [2.05, 4.69) is 129 Å². The van der Waals surface area contributed by atoms with Crippen LogP contribution in [0.2, 0.25) is 0 Å². The molecule has 34 heavy (non-hydrogen) atoms. The van der Waals surface area contributed by atoms with Crippen LogP contribution >= 0.6 is 0 Å². The van der Waals surface area contributed by atoms with Gasteiger partial charge < -0.3 is 0 Å². The maximum Gasteiger partial charge on any atom is 0.0162 e. The standard InChI is InChI=1S/C34H40/c1-21-18-22-12-10-11-13-25(22)30(21)34(8,9)31-26-16-14-23(32(2,3)4)19-28(26)29-20-24(33(5,6)7)15-17-27(29)31/h10-20,30-31H,1-9H3. The normalized spacial score (nSPS) is 17.9. The fraction of sp³-hybridized carbons (Fsp3) is 0.412. The number of hydrogen-bond acceptors (Lipinski definition) is 0. The fourth-order valence-electron chi connectivity index (χ4n) is 6.62. The van der Waals surface area contributed by atoms with Crippen LogP contribution in [0.15, 0.2) is 66.2 Å². The largest absolute Gasteiger partial charge is 0.0646 e. The first-order chi connectivity index (χ1) is 15.8. The van der Waals surface area contributed by atoms with Gasteiger partial charge in [-0.25, -0.2) is 0 Å². The van der Waals surface area contributed by atoms with Crippen molar-refractivity contribution in [1.29, 1.82) is 0 Å². The highest BCUT2D eigenvalue weighted by molar-refractivity contribution is 5.81. The summed E-state index contributed by atoms with van der Waals surface area (Å²) in [6.45, 7) is 21.2. The maximum atomic E-state index is 2.50. The second kappa shape index (κ2) is 7.45. The van der Waals surface area contributed by atoms with Gasteiger partial charge in [-0.15, -0.1) is 0 Å². The Balaban J connectivity index is 1.73. The molecule has 0 nitrogen and oxygen atoms in total. The molecule has 0 saturated heterocycles. The molecule has 1 atom stereocenters. The van der Waals surface area contributed by atoms with E-state index in [9.17, 15) is 0 Å². The zero-order valence-corrected chi connectivity index (χ0v) is 22.5. The first-order valence-corrected chi connectivity index (χ1v) is 12.9. The second-order valence-corrected chi connectivity index (χ2v) is 13.3. The van der Waals surface area contributed by atoms with Crippen molar-refractivity contribution < 1.29 is 0 Å². The Morgan fingerprint density at radius 3 is 1.56 bits per heavy atom. The molecule has 5 rings (SSSR count). The highest BCUT2D eigenvalue weighted by Gasteiger charge is 2.47. The molecule has 0 heteroatoms. The van der Waals surface area contributed by atoms with Crippen LogP contribution in [0.5, 0.6) is 0 Å². The molecule has 0 aliphatic heterocycles. The molecule has 176 valence electrons. The average molecular weight is 449 g/mol. The van der Waals surface area contributed by atoms with Crippen LogP contribution in [-0.2, 0) is 10.8 Å². The van der Waals surface area contributed by atoms with Crippen LogP contribution in [0.4, 0.5) is 0 Å². The van der Waals surface area contributed by atoms with Crippen molar-refractivity contribution in [3.63, 3.8) is 0 Å². The zero-order valence-electron chi connectivity index (χ0n) is 22.5. The minimum Gasteiger partial charge on any atom is -0.0646 e. The summed E-state index contributed by atoms with van der Waals surface area (Å²) < 4.78 is 0. The quantitative estimate of drug-likeness (QED) is 0.366. The summed E-state index contributed by atoms with van der Waals surface area (Å²) in [6, 6.07) is 23.6. The molecular weight excluding hydrogens is 408 g/mol. The van der Waals surface area contributed by atoms with Crippen LogP contribution in [0.3, 0.4) is 0 Å². The van der Waals surface area contributed by atoms with Crippen molar-refractivity contribution >= 4 is 6.08 Å². The molecule has 0 saturated carbocycles. The zero-order chi connectivity index (χ0) is 24.6. The highest BCUT2D eigenvalue weighted by Crippen LogP contribution is 2.61. The smallest absolute Gasteiger partial charge is 0.0162 e. The van der Waals surface area contributed by atoms with Crippen molar-refractivity contribution in [2.24, 2.45) is 5.41 Å². The van der Waals surface area contributed by atoms with E-state index in [1.54, 1.807) is 0 Å². The van der Waals surface area contributed by atoms with Gasteiger partial charge in [0, 0.05) is 11.8 Å². The molecule has 2 aliphatic carbocycles. The van der Waals surface area contributed by atoms with E-state index in [1.165, 1.54) is 50.1 Å². The van der Waals surface area contributed by atoms with E-state index >= 15 is 0 Å². The molecule has 0 spiro atoms. The second-order valence-electron chi connectivity index (χ2n) is 13.3. The Hall–Kier alpha value is -2.60. The summed E-state index contributed by atoms with van der Waals surface area (Å²) >= 11 is 0. The van der Waals surface area contributed by atoms with E-state index in [0.29, 0.717) is 11.8 Å². The van der Waals surface area contributed by atoms with Gasteiger partial charge in [0.05, 0.1) is 0 Å². The Kier molecular flexibility index (Phi) is 5.07. The third-order valence-electron chi connectivity index (χ3n) is 8.38. The van der Waals surface area contributed by atoms with E-state index in [1.807, 2.05) is 0 Å². The molecule has 0 fully saturated rings. The first kappa shape index (κ1) is 23.2. The third kappa shape index (κ3) is 3.49. The predicted octanol–water partition coefficient (Wildman–Crippen LogP) is 9.62. The van der Waals surface area contributed by atoms with Gasteiger partial charge in [0.25, 0.3) is 0 Å². The number of benzene rings is 3. The van der Waals surface area contributed by atoms with Crippen LogP contribution in [-0.4, -0.2) is 0 Å². The van der Waals surface area contributed by atoms with E-state index in [4.69, 9.17) is 0 Å². The van der Waals surface area contributed by atoms with Crippen LogP contribution in [0.1, 0.15) is 108 Å². The van der Waals surface area contributed by atoms with Gasteiger partial charge in [-0.1, -0.05) is 128 Å². The third-order valence-corrected chi connectivity index (χ3v) is 8.38. The van der Waals surface area contributed by atoms with Crippen LogP contribution in [0, 0.1) is 5.41 Å². The Bertz CT molecular complexity index is 1240. The monoisotopic (exact) mass is 448 g/mol. The summed E-state index contributed by atoms with van der Waals surface area (Å²) in [5, 5.41) is 0. The van der Waals surface area contributed by atoms with Crippen LogP contribution < -0.4 is 0 Å². The van der Waals surface area contributed by atoms with Crippen molar-refractivity contribution in [1.82, 2.24) is 0 Å². The van der Waals surface area contributed by atoms with E-state index in [0.717, 1.165) is 0 Å². The lowest BCUT2D eigenvalue weighted by Crippen LogP contribution is -2.29. The van der Waals surface area contributed by atoms with Gasteiger partial charge in [0.15, 0.2) is 0 Å². The minimum atomic E-state index is 0.0414. The molecule has 0 aromatic heterocycles. The Morgan fingerprint density at radius 1 is 0.559 bits per heavy atom. The average Bonchev–Trinajstić information content (AvgIpc) is 3.26. The SMILES string of the molecule is CC1=Cc2ccccc2C1C(C)(C)C1c2ccc(C(C)(C)C)cc2-c2cc(C(C)(C)C)ccc21. The minimum absolute atomic E-state index is 0.0414. The van der Waals surface area contributed by atoms with E-state index < -0.39 is 0 Å². The summed E-state index contributed by atoms with van der Waals surface area (Å²) in [5.74, 6) is 0.775. The number of fused-ring (bicyclic) bond motifs is 4. The first-order valence-electron chi connectivity index (χ1n) is 12.9. The topological polar surface area (TPSA) is 0 Å². The number of hydrogen-bond donors (Lipinski definition) is 0. The van der Waals surface area contributed by atoms with Gasteiger partial charge in [-0.3, -0.25) is 0 Å². The molecule has 0 radical (unpaired) electrons. The summed E-state index contributed by atoms with van der Waals surface area (Å²) in [6.07, 6.45) is 2.41. The predicted molar refractivity (Wildman–Crippen MR) is 148 cm³/mol. The maximum absolute atomic E-state index is 2.50. The molecule has 3 aromatic rings. The highest BCUT2D eigenvalue weighted by atomic mass is 14.5.